The molecule has 0 spiro atoms. The van der Waals surface area contributed by atoms with Gasteiger partial charge in [0.2, 0.25) is 5.78 Å². The summed E-state index contributed by atoms with van der Waals surface area (Å²) in [5, 5.41) is 10.5. The molecule has 3 heterocycles. The zero-order valence-corrected chi connectivity index (χ0v) is 16.1. The van der Waals surface area contributed by atoms with Crippen molar-refractivity contribution in [2.24, 2.45) is 0 Å². The molecule has 0 saturated heterocycles. The van der Waals surface area contributed by atoms with Crippen LogP contribution in [-0.2, 0) is 0 Å². The van der Waals surface area contributed by atoms with Crippen LogP contribution in [0.5, 0.6) is 0 Å². The lowest BCUT2D eigenvalue weighted by molar-refractivity contribution is 0.0993. The molecular weight excluding hydrogens is 372 g/mol. The molecule has 1 aliphatic carbocycles. The summed E-state index contributed by atoms with van der Waals surface area (Å²) in [6, 6.07) is 12.0. The van der Waals surface area contributed by atoms with Gasteiger partial charge in [0.25, 0.3) is 0 Å². The van der Waals surface area contributed by atoms with Crippen LogP contribution in [0.1, 0.15) is 35.0 Å². The van der Waals surface area contributed by atoms with Crippen molar-refractivity contribution in [2.75, 3.05) is 5.75 Å². The molecular formula is C21H18N4O2S. The minimum absolute atomic E-state index is 0.0352. The van der Waals surface area contributed by atoms with Crippen LogP contribution in [-0.4, -0.2) is 31.3 Å². The van der Waals surface area contributed by atoms with Crippen LogP contribution in [0.15, 0.2) is 58.4 Å². The first-order valence-electron chi connectivity index (χ1n) is 9.22. The molecule has 0 atom stereocenters. The molecule has 4 aromatic rings. The normalized spacial score (nSPS) is 13.9. The van der Waals surface area contributed by atoms with Gasteiger partial charge in [0.1, 0.15) is 5.58 Å². The van der Waals surface area contributed by atoms with E-state index in [-0.39, 0.29) is 11.5 Å². The zero-order chi connectivity index (χ0) is 19.1. The average molecular weight is 390 g/mol. The maximum atomic E-state index is 12.8. The molecule has 1 saturated carbocycles. The van der Waals surface area contributed by atoms with E-state index in [1.54, 1.807) is 12.4 Å². The fourth-order valence-electron chi connectivity index (χ4n) is 3.37. The summed E-state index contributed by atoms with van der Waals surface area (Å²) < 4.78 is 7.94. The van der Waals surface area contributed by atoms with Crippen LogP contribution in [0.25, 0.3) is 22.4 Å². The molecule has 1 aliphatic rings. The van der Waals surface area contributed by atoms with Gasteiger partial charge in [-0.15, -0.1) is 10.2 Å². The number of carbonyl (C=O) groups is 1. The standard InChI is InChI=1S/C21H18N4O2S/c1-13-16-6-2-3-7-18(16)27-19(13)17(26)12-28-21-24-23-20(25(21)15-8-9-15)14-5-4-10-22-11-14/h2-7,10-11,15H,8-9,12H2,1H3. The number of carbonyl (C=O) groups excluding carboxylic acids is 1. The van der Waals surface area contributed by atoms with Crippen LogP contribution >= 0.6 is 11.8 Å². The predicted octanol–water partition coefficient (Wildman–Crippen LogP) is 4.70. The van der Waals surface area contributed by atoms with Crippen molar-refractivity contribution in [1.29, 1.82) is 0 Å². The van der Waals surface area contributed by atoms with E-state index in [4.69, 9.17) is 4.42 Å². The van der Waals surface area contributed by atoms with Gasteiger partial charge in [-0.05, 0) is 38.0 Å². The first-order valence-corrected chi connectivity index (χ1v) is 10.2. The number of furan rings is 1. The molecule has 7 heteroatoms. The number of nitrogens with zero attached hydrogens (tertiary/aromatic N) is 4. The Morgan fingerprint density at radius 3 is 2.82 bits per heavy atom. The Morgan fingerprint density at radius 1 is 1.21 bits per heavy atom. The Kier molecular flexibility index (Phi) is 4.24. The Balaban J connectivity index is 1.40. The molecule has 1 fully saturated rings. The van der Waals surface area contributed by atoms with Gasteiger partial charge < -0.3 is 4.42 Å². The van der Waals surface area contributed by atoms with E-state index in [1.807, 2.05) is 43.3 Å². The second kappa shape index (κ2) is 6.91. The molecule has 0 bridgehead atoms. The van der Waals surface area contributed by atoms with Gasteiger partial charge in [-0.2, -0.15) is 0 Å². The number of hydrogen-bond acceptors (Lipinski definition) is 6. The van der Waals surface area contributed by atoms with E-state index in [2.05, 4.69) is 19.7 Å². The maximum absolute atomic E-state index is 12.8. The number of ketones is 1. The van der Waals surface area contributed by atoms with Crippen LogP contribution in [0.4, 0.5) is 0 Å². The fourth-order valence-corrected chi connectivity index (χ4v) is 4.23. The van der Waals surface area contributed by atoms with Crippen molar-refractivity contribution < 1.29 is 9.21 Å². The third-order valence-electron chi connectivity index (χ3n) is 4.93. The lowest BCUT2D eigenvalue weighted by Crippen LogP contribution is -2.05. The minimum Gasteiger partial charge on any atom is -0.453 e. The molecule has 1 aromatic carbocycles. The van der Waals surface area contributed by atoms with Crippen molar-refractivity contribution >= 4 is 28.5 Å². The van der Waals surface area contributed by atoms with E-state index in [9.17, 15) is 4.79 Å². The van der Waals surface area contributed by atoms with Gasteiger partial charge in [0.15, 0.2) is 16.7 Å². The number of para-hydroxylation sites is 1. The predicted molar refractivity (Wildman–Crippen MR) is 108 cm³/mol. The Morgan fingerprint density at radius 2 is 2.07 bits per heavy atom. The van der Waals surface area contributed by atoms with E-state index in [0.29, 0.717) is 11.8 Å². The zero-order valence-electron chi connectivity index (χ0n) is 15.3. The van der Waals surface area contributed by atoms with E-state index < -0.39 is 0 Å². The highest BCUT2D eigenvalue weighted by molar-refractivity contribution is 7.99. The van der Waals surface area contributed by atoms with Gasteiger partial charge in [0.05, 0.1) is 5.75 Å². The molecule has 3 aromatic heterocycles. The number of rotatable bonds is 6. The van der Waals surface area contributed by atoms with Gasteiger partial charge in [-0.1, -0.05) is 30.0 Å². The molecule has 0 unspecified atom stereocenters. The number of benzene rings is 1. The SMILES string of the molecule is Cc1c(C(=O)CSc2nnc(-c3cccnc3)n2C2CC2)oc2ccccc12. The summed E-state index contributed by atoms with van der Waals surface area (Å²) in [7, 11) is 0. The van der Waals surface area contributed by atoms with Gasteiger partial charge in [-0.3, -0.25) is 14.3 Å². The quantitative estimate of drug-likeness (QED) is 0.351. The summed E-state index contributed by atoms with van der Waals surface area (Å²) >= 11 is 1.41. The third-order valence-corrected chi connectivity index (χ3v) is 5.87. The Bertz CT molecular complexity index is 1160. The lowest BCUT2D eigenvalue weighted by Gasteiger charge is -2.08. The average Bonchev–Trinajstić information content (AvgIpc) is 3.40. The summed E-state index contributed by atoms with van der Waals surface area (Å²) in [5.74, 6) is 1.47. The molecule has 5 rings (SSSR count). The van der Waals surface area contributed by atoms with Gasteiger partial charge >= 0.3 is 0 Å². The first-order chi connectivity index (χ1) is 13.7. The highest BCUT2D eigenvalue weighted by atomic mass is 32.2. The van der Waals surface area contributed by atoms with Crippen LogP contribution in [0.3, 0.4) is 0 Å². The van der Waals surface area contributed by atoms with Crippen molar-refractivity contribution in [3.05, 3.63) is 60.1 Å². The monoisotopic (exact) mass is 390 g/mol. The Labute approximate surface area is 166 Å². The number of aromatic nitrogens is 4. The summed E-state index contributed by atoms with van der Waals surface area (Å²) in [6.07, 6.45) is 5.75. The molecule has 0 amide bonds. The second-order valence-corrected chi connectivity index (χ2v) is 7.86. The Hall–Kier alpha value is -2.93. The molecule has 0 N–H and O–H groups in total. The second-order valence-electron chi connectivity index (χ2n) is 6.91. The van der Waals surface area contributed by atoms with Crippen LogP contribution in [0.2, 0.25) is 0 Å². The topological polar surface area (TPSA) is 73.8 Å². The molecule has 0 aliphatic heterocycles. The van der Waals surface area contributed by atoms with Crippen molar-refractivity contribution in [3.63, 3.8) is 0 Å². The van der Waals surface area contributed by atoms with Crippen LogP contribution in [0, 0.1) is 6.92 Å². The smallest absolute Gasteiger partial charge is 0.208 e. The number of pyridine rings is 1. The summed E-state index contributed by atoms with van der Waals surface area (Å²) in [6.45, 7) is 1.93. The highest BCUT2D eigenvalue weighted by Crippen LogP contribution is 2.41. The number of fused-ring (bicyclic) bond motifs is 1. The van der Waals surface area contributed by atoms with Crippen molar-refractivity contribution in [2.45, 2.75) is 31.0 Å². The minimum atomic E-state index is -0.0352. The van der Waals surface area contributed by atoms with E-state index in [0.717, 1.165) is 45.9 Å². The number of thioether (sulfide) groups is 1. The van der Waals surface area contributed by atoms with Crippen molar-refractivity contribution in [1.82, 2.24) is 19.7 Å². The molecule has 6 nitrogen and oxygen atoms in total. The van der Waals surface area contributed by atoms with Crippen molar-refractivity contribution in [3.8, 4) is 11.4 Å². The maximum Gasteiger partial charge on any atom is 0.208 e. The molecule has 140 valence electrons. The fraction of sp³-hybridized carbons (Fsp3) is 0.238. The van der Waals surface area contributed by atoms with Gasteiger partial charge in [0, 0.05) is 34.9 Å². The largest absolute Gasteiger partial charge is 0.453 e. The summed E-state index contributed by atoms with van der Waals surface area (Å²) in [5.41, 5.74) is 2.57. The van der Waals surface area contributed by atoms with Crippen LogP contribution < -0.4 is 0 Å². The van der Waals surface area contributed by atoms with Gasteiger partial charge in [-0.25, -0.2) is 0 Å². The molecule has 28 heavy (non-hydrogen) atoms. The summed E-state index contributed by atoms with van der Waals surface area (Å²) in [4.78, 5) is 17.0. The molecule has 0 radical (unpaired) electrons. The number of hydrogen-bond donors (Lipinski definition) is 0. The number of Topliss-reactive ketones (excluding diaryl/α,β-unsaturated/α-hetero) is 1. The van der Waals surface area contributed by atoms with E-state index >= 15 is 0 Å². The third kappa shape index (κ3) is 3.01. The first kappa shape index (κ1) is 17.2. The highest BCUT2D eigenvalue weighted by Gasteiger charge is 2.30. The number of aryl methyl sites for hydroxylation is 1. The van der Waals surface area contributed by atoms with E-state index in [1.165, 1.54) is 11.8 Å². The lowest BCUT2D eigenvalue weighted by atomic mass is 10.1.